The molecule has 104 valence electrons. The second-order valence-electron chi connectivity index (χ2n) is 4.89. The number of ether oxygens (including phenoxy) is 2. The fraction of sp³-hybridized carbons (Fsp3) is 0.235. The fourth-order valence-electron chi connectivity index (χ4n) is 2.12. The van der Waals surface area contributed by atoms with E-state index < -0.39 is 5.41 Å². The molecule has 0 saturated carbocycles. The molecule has 0 unspecified atom stereocenters. The van der Waals surface area contributed by atoms with Crippen molar-refractivity contribution in [2.24, 2.45) is 5.41 Å². The number of rotatable bonds is 4. The Morgan fingerprint density at radius 1 is 1.35 bits per heavy atom. The molecule has 1 atom stereocenters. The Morgan fingerprint density at radius 2 is 2.05 bits per heavy atom. The van der Waals surface area contributed by atoms with Gasteiger partial charge < -0.3 is 9.47 Å². The molecule has 1 heterocycles. The van der Waals surface area contributed by atoms with Gasteiger partial charge in [-0.25, -0.2) is 4.79 Å². The van der Waals surface area contributed by atoms with E-state index in [2.05, 4.69) is 6.58 Å². The molecule has 0 aliphatic carbocycles. The molecule has 1 aromatic rings. The van der Waals surface area contributed by atoms with Gasteiger partial charge in [0.25, 0.3) is 0 Å². The Labute approximate surface area is 119 Å². The molecular formula is C17H18O3. The summed E-state index contributed by atoms with van der Waals surface area (Å²) in [6, 6.07) is 9.83. The van der Waals surface area contributed by atoms with Gasteiger partial charge in [0.2, 0.25) is 0 Å². The zero-order chi connectivity index (χ0) is 14.6. The zero-order valence-electron chi connectivity index (χ0n) is 11.8. The Bertz CT molecular complexity index is 569. The lowest BCUT2D eigenvalue weighted by atomic mass is 9.84. The van der Waals surface area contributed by atoms with Gasteiger partial charge in [-0.1, -0.05) is 42.5 Å². The van der Waals surface area contributed by atoms with Gasteiger partial charge in [0.15, 0.2) is 0 Å². The van der Waals surface area contributed by atoms with Crippen LogP contribution >= 0.6 is 0 Å². The molecule has 0 fully saturated rings. The lowest BCUT2D eigenvalue weighted by Gasteiger charge is -2.18. The number of methoxy groups -OCH3 is 1. The second-order valence-corrected chi connectivity index (χ2v) is 4.89. The summed E-state index contributed by atoms with van der Waals surface area (Å²) in [5, 5.41) is 0. The van der Waals surface area contributed by atoms with Crippen LogP contribution in [-0.2, 0) is 14.3 Å². The molecule has 0 aromatic heterocycles. The molecule has 3 nitrogen and oxygen atoms in total. The minimum absolute atomic E-state index is 0.377. The number of benzene rings is 1. The van der Waals surface area contributed by atoms with E-state index >= 15 is 0 Å². The monoisotopic (exact) mass is 270 g/mol. The maximum absolute atomic E-state index is 12.0. The summed E-state index contributed by atoms with van der Waals surface area (Å²) in [4.78, 5) is 12.0. The average Bonchev–Trinajstić information content (AvgIpc) is 2.83. The van der Waals surface area contributed by atoms with Crippen LogP contribution in [0.1, 0.15) is 12.5 Å². The van der Waals surface area contributed by atoms with E-state index in [1.165, 1.54) is 7.11 Å². The molecule has 20 heavy (non-hydrogen) atoms. The van der Waals surface area contributed by atoms with Crippen molar-refractivity contribution >= 4 is 12.0 Å². The van der Waals surface area contributed by atoms with E-state index in [0.29, 0.717) is 17.9 Å². The van der Waals surface area contributed by atoms with Crippen LogP contribution in [0.2, 0.25) is 0 Å². The topological polar surface area (TPSA) is 35.5 Å². The van der Waals surface area contributed by atoms with Crippen molar-refractivity contribution < 1.29 is 14.3 Å². The highest BCUT2D eigenvalue weighted by Gasteiger charge is 2.40. The maximum atomic E-state index is 12.0. The third kappa shape index (κ3) is 2.67. The summed E-state index contributed by atoms with van der Waals surface area (Å²) in [7, 11) is 1.37. The van der Waals surface area contributed by atoms with E-state index in [1.54, 1.807) is 12.2 Å². The molecule has 1 aliphatic heterocycles. The number of esters is 1. The second kappa shape index (κ2) is 5.78. The highest BCUT2D eigenvalue weighted by molar-refractivity contribution is 5.92. The molecular weight excluding hydrogens is 252 g/mol. The largest absolute Gasteiger partial charge is 0.492 e. The molecule has 0 bridgehead atoms. The summed E-state index contributed by atoms with van der Waals surface area (Å²) in [6.45, 7) is 6.10. The van der Waals surface area contributed by atoms with Crippen LogP contribution in [0.25, 0.3) is 6.08 Å². The number of hydrogen-bond donors (Lipinski definition) is 0. The molecule has 3 heteroatoms. The molecule has 1 aromatic carbocycles. The number of hydrogen-bond acceptors (Lipinski definition) is 3. The van der Waals surface area contributed by atoms with Crippen molar-refractivity contribution in [3.05, 3.63) is 66.0 Å². The van der Waals surface area contributed by atoms with Crippen molar-refractivity contribution in [3.63, 3.8) is 0 Å². The van der Waals surface area contributed by atoms with Gasteiger partial charge in [-0.3, -0.25) is 0 Å². The minimum Gasteiger partial charge on any atom is -0.492 e. The van der Waals surface area contributed by atoms with E-state index in [-0.39, 0.29) is 5.97 Å². The van der Waals surface area contributed by atoms with Gasteiger partial charge in [0, 0.05) is 0 Å². The number of allylic oxidation sites excluding steroid dienone is 1. The molecule has 0 amide bonds. The van der Waals surface area contributed by atoms with Crippen molar-refractivity contribution in [2.45, 2.75) is 6.92 Å². The smallest absolute Gasteiger partial charge is 0.338 e. The van der Waals surface area contributed by atoms with Gasteiger partial charge in [0.05, 0.1) is 18.1 Å². The predicted molar refractivity (Wildman–Crippen MR) is 78.8 cm³/mol. The van der Waals surface area contributed by atoms with Crippen LogP contribution < -0.4 is 0 Å². The van der Waals surface area contributed by atoms with Crippen LogP contribution in [0, 0.1) is 5.41 Å². The maximum Gasteiger partial charge on any atom is 0.338 e. The van der Waals surface area contributed by atoms with Crippen LogP contribution in [0.4, 0.5) is 0 Å². The normalized spacial score (nSPS) is 21.9. The van der Waals surface area contributed by atoms with Crippen LogP contribution in [0.3, 0.4) is 0 Å². The van der Waals surface area contributed by atoms with Crippen molar-refractivity contribution in [3.8, 4) is 0 Å². The average molecular weight is 270 g/mol. The third-order valence-electron chi connectivity index (χ3n) is 3.41. The Morgan fingerprint density at radius 3 is 2.65 bits per heavy atom. The Hall–Kier alpha value is -2.29. The van der Waals surface area contributed by atoms with Crippen molar-refractivity contribution in [1.82, 2.24) is 0 Å². The Kier molecular flexibility index (Phi) is 4.08. The summed E-state index contributed by atoms with van der Waals surface area (Å²) in [5.41, 5.74) is 1.05. The standard InChI is InChI=1S/C17H18O3/c1-4-17(2)12-20-14(15(17)16(18)19-3)11-10-13-8-6-5-7-9-13/h4-11H,1,12H2,2-3H3/b11-10+/t17-/m0/s1. The van der Waals surface area contributed by atoms with Crippen LogP contribution in [0.15, 0.2) is 60.4 Å². The van der Waals surface area contributed by atoms with E-state index in [1.807, 2.05) is 43.3 Å². The lowest BCUT2D eigenvalue weighted by Crippen LogP contribution is -2.23. The van der Waals surface area contributed by atoms with Gasteiger partial charge in [-0.15, -0.1) is 6.58 Å². The third-order valence-corrected chi connectivity index (χ3v) is 3.41. The highest BCUT2D eigenvalue weighted by atomic mass is 16.5. The summed E-state index contributed by atoms with van der Waals surface area (Å²) < 4.78 is 10.5. The van der Waals surface area contributed by atoms with Gasteiger partial charge >= 0.3 is 5.97 Å². The van der Waals surface area contributed by atoms with E-state index in [0.717, 1.165) is 5.56 Å². The summed E-state index contributed by atoms with van der Waals surface area (Å²) >= 11 is 0. The van der Waals surface area contributed by atoms with Crippen LogP contribution in [-0.4, -0.2) is 19.7 Å². The quantitative estimate of drug-likeness (QED) is 0.621. The SMILES string of the molecule is C=C[C@@]1(C)COC(/C=C/c2ccccc2)=C1C(=O)OC. The predicted octanol–water partition coefficient (Wildman–Crippen LogP) is 3.35. The summed E-state index contributed by atoms with van der Waals surface area (Å²) in [6.07, 6.45) is 5.44. The Balaban J connectivity index is 2.36. The fourth-order valence-corrected chi connectivity index (χ4v) is 2.12. The van der Waals surface area contributed by atoms with Crippen molar-refractivity contribution in [2.75, 3.05) is 13.7 Å². The van der Waals surface area contributed by atoms with E-state index in [4.69, 9.17) is 9.47 Å². The van der Waals surface area contributed by atoms with Gasteiger partial charge in [0.1, 0.15) is 12.4 Å². The first-order chi connectivity index (χ1) is 9.60. The molecule has 0 radical (unpaired) electrons. The molecule has 0 spiro atoms. The van der Waals surface area contributed by atoms with Gasteiger partial charge in [-0.2, -0.15) is 0 Å². The molecule has 0 saturated heterocycles. The first kappa shape index (κ1) is 14.1. The van der Waals surface area contributed by atoms with Crippen molar-refractivity contribution in [1.29, 1.82) is 0 Å². The lowest BCUT2D eigenvalue weighted by molar-refractivity contribution is -0.136. The first-order valence-electron chi connectivity index (χ1n) is 6.43. The molecule has 2 rings (SSSR count). The highest BCUT2D eigenvalue weighted by Crippen LogP contribution is 2.39. The first-order valence-corrected chi connectivity index (χ1v) is 6.43. The minimum atomic E-state index is -0.510. The molecule has 0 N–H and O–H groups in total. The number of carbonyl (C=O) groups is 1. The van der Waals surface area contributed by atoms with E-state index in [9.17, 15) is 4.79 Å². The van der Waals surface area contributed by atoms with Crippen LogP contribution in [0.5, 0.6) is 0 Å². The van der Waals surface area contributed by atoms with Gasteiger partial charge in [-0.05, 0) is 18.6 Å². The summed E-state index contributed by atoms with van der Waals surface area (Å²) in [5.74, 6) is 0.167. The number of carbonyl (C=O) groups excluding carboxylic acids is 1. The zero-order valence-corrected chi connectivity index (χ0v) is 11.8. The molecule has 1 aliphatic rings.